The Hall–Kier alpha value is -0.545. The molecule has 0 radical (unpaired) electrons. The lowest BCUT2D eigenvalue weighted by Gasteiger charge is -2.18. The van der Waals surface area contributed by atoms with Crippen molar-refractivity contribution in [2.45, 2.75) is 0 Å². The summed E-state index contributed by atoms with van der Waals surface area (Å²) in [5.41, 5.74) is -0.905. The number of halogens is 5. The van der Waals surface area contributed by atoms with Gasteiger partial charge in [-0.2, -0.15) is 0 Å². The topological polar surface area (TPSA) is 9.23 Å². The molecule has 1 aromatic rings. The van der Waals surface area contributed by atoms with Crippen molar-refractivity contribution < 1.29 is 17.7 Å². The largest absolute Gasteiger partial charge is 0.511 e. The Labute approximate surface area is 88.8 Å². The van der Waals surface area contributed by atoms with Gasteiger partial charge in [0.15, 0.2) is 0 Å². The number of ether oxygens (including phenoxy) is 1. The normalized spacial score (nSPS) is 11.6. The first-order chi connectivity index (χ1) is 6.36. The number of rotatable bonds is 2. The average Bonchev–Trinajstić information content (AvgIpc) is 2.06. The minimum Gasteiger partial charge on any atom is -0.495 e. The predicted molar refractivity (Wildman–Crippen MR) is 51.7 cm³/mol. The van der Waals surface area contributed by atoms with Crippen LogP contribution in [0.15, 0.2) is 12.1 Å². The molecule has 1 rings (SSSR count). The van der Waals surface area contributed by atoms with Gasteiger partial charge in [0.2, 0.25) is 0 Å². The first-order valence-corrected chi connectivity index (χ1v) is 4.34. The molecule has 0 bridgehead atoms. The molecular weight excluding hydrogens is 239 g/mol. The highest BCUT2D eigenvalue weighted by atomic mass is 35.5. The van der Waals surface area contributed by atoms with E-state index in [2.05, 4.69) is 0 Å². The fraction of sp³-hybridized carbons (Fsp3) is 0.143. The van der Waals surface area contributed by atoms with E-state index in [1.54, 1.807) is 0 Å². The molecular formula is C7H5BCl2F3O-. The van der Waals surface area contributed by atoms with Gasteiger partial charge in [0.05, 0.1) is 12.1 Å². The number of hydrogen-bond acceptors (Lipinski definition) is 1. The summed E-state index contributed by atoms with van der Waals surface area (Å²) in [4.78, 5) is 0. The van der Waals surface area contributed by atoms with Crippen molar-refractivity contribution in [2.75, 3.05) is 7.11 Å². The monoisotopic (exact) mass is 243 g/mol. The fourth-order valence-corrected chi connectivity index (χ4v) is 1.48. The lowest BCUT2D eigenvalue weighted by Crippen LogP contribution is -2.34. The van der Waals surface area contributed by atoms with Gasteiger partial charge < -0.3 is 17.7 Å². The van der Waals surface area contributed by atoms with Gasteiger partial charge in [0.1, 0.15) is 5.75 Å². The molecule has 0 spiro atoms. The second-order valence-corrected chi connectivity index (χ2v) is 3.40. The molecule has 0 N–H and O–H groups in total. The SMILES string of the molecule is COc1cc(Cl)c([B-](F)(F)F)cc1Cl. The predicted octanol–water partition coefficient (Wildman–Crippen LogP) is 3.06. The van der Waals surface area contributed by atoms with Crippen LogP contribution in [0, 0.1) is 0 Å². The molecule has 0 unspecified atom stereocenters. The van der Waals surface area contributed by atoms with Crippen molar-refractivity contribution in [1.29, 1.82) is 0 Å². The maximum absolute atomic E-state index is 12.3. The Bertz CT molecular complexity index is 354. The number of methoxy groups -OCH3 is 1. The van der Waals surface area contributed by atoms with E-state index in [-0.39, 0.29) is 10.8 Å². The zero-order valence-corrected chi connectivity index (χ0v) is 8.54. The zero-order chi connectivity index (χ0) is 10.9. The van der Waals surface area contributed by atoms with Gasteiger partial charge in [-0.25, -0.2) is 0 Å². The van der Waals surface area contributed by atoms with Gasteiger partial charge in [-0.15, -0.1) is 0 Å². The molecule has 0 saturated heterocycles. The maximum atomic E-state index is 12.3. The van der Waals surface area contributed by atoms with Crippen molar-refractivity contribution in [2.24, 2.45) is 0 Å². The third-order valence-electron chi connectivity index (χ3n) is 1.62. The lowest BCUT2D eigenvalue weighted by atomic mass is 9.80. The highest BCUT2D eigenvalue weighted by molar-refractivity contribution is 6.76. The quantitative estimate of drug-likeness (QED) is 0.726. The Morgan fingerprint density at radius 1 is 1.14 bits per heavy atom. The summed E-state index contributed by atoms with van der Waals surface area (Å²) in [6.07, 6.45) is 0. The molecule has 0 amide bonds. The van der Waals surface area contributed by atoms with Crippen LogP contribution in [0.25, 0.3) is 0 Å². The molecule has 1 aromatic carbocycles. The van der Waals surface area contributed by atoms with E-state index in [4.69, 9.17) is 27.9 Å². The minimum atomic E-state index is -5.14. The first-order valence-electron chi connectivity index (χ1n) is 3.59. The van der Waals surface area contributed by atoms with E-state index in [0.29, 0.717) is 0 Å². The Balaban J connectivity index is 3.29. The second-order valence-electron chi connectivity index (χ2n) is 2.58. The zero-order valence-electron chi connectivity index (χ0n) is 7.03. The fourth-order valence-electron chi connectivity index (χ4n) is 0.951. The summed E-state index contributed by atoms with van der Waals surface area (Å²) in [6, 6.07) is 1.82. The molecule has 1 nitrogen and oxygen atoms in total. The van der Waals surface area contributed by atoms with Gasteiger partial charge in [0, 0.05) is 5.02 Å². The van der Waals surface area contributed by atoms with E-state index in [9.17, 15) is 12.9 Å². The maximum Gasteiger partial charge on any atom is 0.511 e. The van der Waals surface area contributed by atoms with Gasteiger partial charge in [0.25, 0.3) is 0 Å². The van der Waals surface area contributed by atoms with Gasteiger partial charge in [-0.3, -0.25) is 0 Å². The molecule has 0 fully saturated rings. The van der Waals surface area contributed by atoms with Crippen molar-refractivity contribution in [3.63, 3.8) is 0 Å². The molecule has 0 heterocycles. The van der Waals surface area contributed by atoms with Crippen LogP contribution >= 0.6 is 23.2 Å². The number of benzene rings is 1. The van der Waals surface area contributed by atoms with Gasteiger partial charge in [-0.1, -0.05) is 34.7 Å². The van der Waals surface area contributed by atoms with Crippen molar-refractivity contribution in [3.05, 3.63) is 22.2 Å². The van der Waals surface area contributed by atoms with Gasteiger partial charge in [-0.05, 0) is 6.07 Å². The molecule has 0 aromatic heterocycles. The summed E-state index contributed by atoms with van der Waals surface area (Å²) in [5, 5.41) is -0.509. The van der Waals surface area contributed by atoms with Crippen LogP contribution in [0.3, 0.4) is 0 Å². The molecule has 0 atom stereocenters. The first kappa shape index (κ1) is 11.5. The van der Waals surface area contributed by atoms with Crippen LogP contribution < -0.4 is 10.2 Å². The summed E-state index contributed by atoms with van der Waals surface area (Å²) in [7, 11) is 1.30. The van der Waals surface area contributed by atoms with Crippen molar-refractivity contribution >= 4 is 35.6 Å². The Morgan fingerprint density at radius 2 is 1.71 bits per heavy atom. The summed E-state index contributed by atoms with van der Waals surface area (Å²) in [6.45, 7) is -5.14. The van der Waals surface area contributed by atoms with E-state index >= 15 is 0 Å². The highest BCUT2D eigenvalue weighted by Gasteiger charge is 2.29. The number of hydrogen-bond donors (Lipinski definition) is 0. The summed E-state index contributed by atoms with van der Waals surface area (Å²) in [5.74, 6) is 0.125. The molecule has 14 heavy (non-hydrogen) atoms. The van der Waals surface area contributed by atoms with Crippen molar-refractivity contribution in [1.82, 2.24) is 0 Å². The molecule has 0 aliphatic rings. The highest BCUT2D eigenvalue weighted by Crippen LogP contribution is 2.28. The van der Waals surface area contributed by atoms with Crippen LogP contribution in [0.2, 0.25) is 10.0 Å². The third kappa shape index (κ3) is 2.28. The second kappa shape index (κ2) is 3.91. The minimum absolute atomic E-state index is 0.105. The lowest BCUT2D eigenvalue weighted by molar-refractivity contribution is 0.415. The van der Waals surface area contributed by atoms with E-state index in [1.807, 2.05) is 0 Å². The van der Waals surface area contributed by atoms with Gasteiger partial charge >= 0.3 is 6.98 Å². The standard InChI is InChI=1S/C7H5BCl2F3O/c1-14-7-3-5(9)4(2-6(7)10)8(11,12)13/h2-3H,1H3/q-1. The van der Waals surface area contributed by atoms with Crippen LogP contribution in [-0.2, 0) is 0 Å². The average molecular weight is 244 g/mol. The smallest absolute Gasteiger partial charge is 0.495 e. The van der Waals surface area contributed by atoms with Crippen molar-refractivity contribution in [3.8, 4) is 5.75 Å². The molecule has 7 heteroatoms. The Kier molecular flexibility index (Phi) is 3.22. The summed E-state index contributed by atoms with van der Waals surface area (Å²) >= 11 is 11.0. The van der Waals surface area contributed by atoms with Crippen LogP contribution in [0.4, 0.5) is 12.9 Å². The third-order valence-corrected chi connectivity index (χ3v) is 2.25. The molecule has 0 saturated carbocycles. The molecule has 0 aliphatic heterocycles. The van der Waals surface area contributed by atoms with Crippen LogP contribution in [-0.4, -0.2) is 14.1 Å². The molecule has 0 aliphatic carbocycles. The molecule has 78 valence electrons. The van der Waals surface area contributed by atoms with E-state index in [0.717, 1.165) is 12.1 Å². The van der Waals surface area contributed by atoms with Crippen LogP contribution in [0.1, 0.15) is 0 Å². The van der Waals surface area contributed by atoms with Crippen LogP contribution in [0.5, 0.6) is 5.75 Å². The summed E-state index contributed by atoms with van der Waals surface area (Å²) < 4.78 is 41.7. The van der Waals surface area contributed by atoms with E-state index < -0.39 is 17.5 Å². The Morgan fingerprint density at radius 3 is 2.14 bits per heavy atom. The van der Waals surface area contributed by atoms with E-state index in [1.165, 1.54) is 7.11 Å².